The first kappa shape index (κ1) is 15.0. The SMILES string of the molecule is COC(=O)Cc1cc(CN)nc(N)c1OC(F)(F)F. The van der Waals surface area contributed by atoms with Crippen molar-refractivity contribution in [3.8, 4) is 5.75 Å². The second-order valence-corrected chi connectivity index (χ2v) is 3.49. The minimum atomic E-state index is -4.94. The fraction of sp³-hybridized carbons (Fsp3) is 0.400. The van der Waals surface area contributed by atoms with Crippen LogP contribution in [-0.4, -0.2) is 24.4 Å². The van der Waals surface area contributed by atoms with Gasteiger partial charge in [0.15, 0.2) is 11.6 Å². The van der Waals surface area contributed by atoms with Crippen molar-refractivity contribution in [2.24, 2.45) is 5.73 Å². The molecule has 4 N–H and O–H groups in total. The average molecular weight is 279 g/mol. The molecule has 9 heteroatoms. The largest absolute Gasteiger partial charge is 0.573 e. The number of carbonyl (C=O) groups excluding carboxylic acids is 1. The Morgan fingerprint density at radius 1 is 1.47 bits per heavy atom. The number of nitrogens with zero attached hydrogens (tertiary/aromatic N) is 1. The Kier molecular flexibility index (Phi) is 4.54. The Morgan fingerprint density at radius 3 is 2.58 bits per heavy atom. The first-order valence-electron chi connectivity index (χ1n) is 5.07. The zero-order valence-electron chi connectivity index (χ0n) is 9.95. The summed E-state index contributed by atoms with van der Waals surface area (Å²) in [4.78, 5) is 14.8. The van der Waals surface area contributed by atoms with Crippen molar-refractivity contribution in [2.75, 3.05) is 12.8 Å². The lowest BCUT2D eigenvalue weighted by Gasteiger charge is -2.15. The van der Waals surface area contributed by atoms with E-state index < -0.39 is 30.3 Å². The van der Waals surface area contributed by atoms with Gasteiger partial charge in [-0.1, -0.05) is 0 Å². The minimum Gasteiger partial charge on any atom is -0.469 e. The van der Waals surface area contributed by atoms with Gasteiger partial charge in [-0.2, -0.15) is 0 Å². The first-order valence-corrected chi connectivity index (χ1v) is 5.07. The molecule has 0 saturated carbocycles. The lowest BCUT2D eigenvalue weighted by molar-refractivity contribution is -0.274. The van der Waals surface area contributed by atoms with E-state index in [0.29, 0.717) is 0 Å². The summed E-state index contributed by atoms with van der Waals surface area (Å²) < 4.78 is 44.9. The van der Waals surface area contributed by atoms with Crippen LogP contribution in [0.2, 0.25) is 0 Å². The number of halogens is 3. The first-order chi connectivity index (χ1) is 8.76. The molecule has 0 aliphatic heterocycles. The number of hydrogen-bond donors (Lipinski definition) is 2. The van der Waals surface area contributed by atoms with Gasteiger partial charge in [-0.15, -0.1) is 13.2 Å². The summed E-state index contributed by atoms with van der Waals surface area (Å²) in [6, 6.07) is 1.22. The number of alkyl halides is 3. The van der Waals surface area contributed by atoms with Crippen molar-refractivity contribution >= 4 is 11.8 Å². The molecular formula is C10H12F3N3O3. The molecule has 0 atom stereocenters. The maximum absolute atomic E-state index is 12.3. The van der Waals surface area contributed by atoms with E-state index in [9.17, 15) is 18.0 Å². The average Bonchev–Trinajstić information content (AvgIpc) is 2.31. The molecule has 0 saturated heterocycles. The summed E-state index contributed by atoms with van der Waals surface area (Å²) in [5, 5.41) is 0. The van der Waals surface area contributed by atoms with Crippen LogP contribution in [0.3, 0.4) is 0 Å². The van der Waals surface area contributed by atoms with Crippen molar-refractivity contribution in [3.63, 3.8) is 0 Å². The standard InChI is InChI=1S/C10H12F3N3O3/c1-18-7(17)3-5-2-6(4-14)16-9(15)8(5)19-10(11,12)13/h2H,3-4,14H2,1H3,(H2,15,16). The van der Waals surface area contributed by atoms with Crippen LogP contribution in [0.4, 0.5) is 19.0 Å². The van der Waals surface area contributed by atoms with E-state index in [1.54, 1.807) is 0 Å². The molecule has 0 amide bonds. The van der Waals surface area contributed by atoms with Crippen LogP contribution in [0.15, 0.2) is 6.07 Å². The highest BCUT2D eigenvalue weighted by Gasteiger charge is 2.34. The van der Waals surface area contributed by atoms with Crippen molar-refractivity contribution in [1.82, 2.24) is 4.98 Å². The summed E-state index contributed by atoms with van der Waals surface area (Å²) in [6.07, 6.45) is -5.37. The fourth-order valence-electron chi connectivity index (χ4n) is 1.37. The minimum absolute atomic E-state index is 0.0370. The molecule has 0 radical (unpaired) electrons. The van der Waals surface area contributed by atoms with Gasteiger partial charge < -0.3 is 20.9 Å². The van der Waals surface area contributed by atoms with Crippen LogP contribution in [0, 0.1) is 0 Å². The van der Waals surface area contributed by atoms with Gasteiger partial charge in [0.1, 0.15) is 0 Å². The van der Waals surface area contributed by atoms with Gasteiger partial charge in [0.2, 0.25) is 0 Å². The second-order valence-electron chi connectivity index (χ2n) is 3.49. The van der Waals surface area contributed by atoms with Crippen LogP contribution in [-0.2, 0) is 22.5 Å². The van der Waals surface area contributed by atoms with Crippen LogP contribution in [0.1, 0.15) is 11.3 Å². The maximum Gasteiger partial charge on any atom is 0.573 e. The van der Waals surface area contributed by atoms with Gasteiger partial charge in [0.25, 0.3) is 0 Å². The van der Waals surface area contributed by atoms with E-state index in [1.165, 1.54) is 6.07 Å². The number of nitrogen functional groups attached to an aromatic ring is 1. The summed E-state index contributed by atoms with van der Waals surface area (Å²) in [7, 11) is 1.11. The zero-order chi connectivity index (χ0) is 14.6. The van der Waals surface area contributed by atoms with Crippen molar-refractivity contribution in [3.05, 3.63) is 17.3 Å². The Balaban J connectivity index is 3.21. The van der Waals surface area contributed by atoms with Gasteiger partial charge in [-0.3, -0.25) is 4.79 Å². The van der Waals surface area contributed by atoms with E-state index in [1.807, 2.05) is 0 Å². The number of nitrogens with two attached hydrogens (primary N) is 2. The third-order valence-corrected chi connectivity index (χ3v) is 2.12. The Morgan fingerprint density at radius 2 is 2.11 bits per heavy atom. The van der Waals surface area contributed by atoms with Gasteiger partial charge in [-0.25, -0.2) is 4.98 Å². The highest BCUT2D eigenvalue weighted by atomic mass is 19.4. The molecule has 0 spiro atoms. The van der Waals surface area contributed by atoms with E-state index >= 15 is 0 Å². The van der Waals surface area contributed by atoms with E-state index in [2.05, 4.69) is 14.5 Å². The van der Waals surface area contributed by atoms with Gasteiger partial charge >= 0.3 is 12.3 Å². The van der Waals surface area contributed by atoms with Gasteiger partial charge in [-0.05, 0) is 6.07 Å². The molecule has 0 aliphatic carbocycles. The van der Waals surface area contributed by atoms with Crippen molar-refractivity contribution in [2.45, 2.75) is 19.3 Å². The number of methoxy groups -OCH3 is 1. The van der Waals surface area contributed by atoms with E-state index in [0.717, 1.165) is 7.11 Å². The summed E-state index contributed by atoms with van der Waals surface area (Å²) in [5.74, 6) is -1.94. The highest BCUT2D eigenvalue weighted by Crippen LogP contribution is 2.32. The maximum atomic E-state index is 12.3. The van der Waals surface area contributed by atoms with Crippen LogP contribution in [0.5, 0.6) is 5.75 Å². The van der Waals surface area contributed by atoms with E-state index in [4.69, 9.17) is 11.5 Å². The number of carbonyl (C=O) groups is 1. The number of ether oxygens (including phenoxy) is 2. The second kappa shape index (κ2) is 5.74. The molecule has 0 aliphatic rings. The van der Waals surface area contributed by atoms with Crippen LogP contribution < -0.4 is 16.2 Å². The highest BCUT2D eigenvalue weighted by molar-refractivity contribution is 5.74. The van der Waals surface area contributed by atoms with Crippen molar-refractivity contribution in [1.29, 1.82) is 0 Å². The summed E-state index contributed by atoms with van der Waals surface area (Å²) in [5.41, 5.74) is 10.9. The number of rotatable bonds is 4. The summed E-state index contributed by atoms with van der Waals surface area (Å²) >= 11 is 0. The number of hydrogen-bond acceptors (Lipinski definition) is 6. The smallest absolute Gasteiger partial charge is 0.469 e. The van der Waals surface area contributed by atoms with Gasteiger partial charge in [0.05, 0.1) is 19.2 Å². The Labute approximate surface area is 106 Å². The molecular weight excluding hydrogens is 267 g/mol. The van der Waals surface area contributed by atoms with Crippen molar-refractivity contribution < 1.29 is 27.4 Å². The summed E-state index contributed by atoms with van der Waals surface area (Å²) in [6.45, 7) is -0.0370. The Hall–Kier alpha value is -2.03. The monoisotopic (exact) mass is 279 g/mol. The third-order valence-electron chi connectivity index (χ3n) is 2.12. The molecule has 0 unspecified atom stereocenters. The number of esters is 1. The van der Waals surface area contributed by atoms with Crippen LogP contribution >= 0.6 is 0 Å². The molecule has 0 aromatic carbocycles. The number of anilines is 1. The van der Waals surface area contributed by atoms with E-state index in [-0.39, 0.29) is 17.8 Å². The molecule has 0 fully saturated rings. The molecule has 0 bridgehead atoms. The van der Waals surface area contributed by atoms with Crippen LogP contribution in [0.25, 0.3) is 0 Å². The number of aromatic nitrogens is 1. The lowest BCUT2D eigenvalue weighted by Crippen LogP contribution is -2.21. The predicted molar refractivity (Wildman–Crippen MR) is 58.9 cm³/mol. The quantitative estimate of drug-likeness (QED) is 0.788. The molecule has 19 heavy (non-hydrogen) atoms. The predicted octanol–water partition coefficient (Wildman–Crippen LogP) is 0.737. The molecule has 1 aromatic heterocycles. The Bertz CT molecular complexity index is 477. The molecule has 1 heterocycles. The lowest BCUT2D eigenvalue weighted by atomic mass is 10.1. The van der Waals surface area contributed by atoms with Gasteiger partial charge in [0, 0.05) is 12.1 Å². The molecule has 6 nitrogen and oxygen atoms in total. The third kappa shape index (κ3) is 4.28. The molecule has 106 valence electrons. The zero-order valence-corrected chi connectivity index (χ0v) is 9.95. The topological polar surface area (TPSA) is 100 Å². The molecule has 1 aromatic rings. The fourth-order valence-corrected chi connectivity index (χ4v) is 1.37. The normalized spacial score (nSPS) is 11.2. The number of pyridine rings is 1. The molecule has 1 rings (SSSR count).